The molecule has 1 aliphatic heterocycles. The lowest BCUT2D eigenvalue weighted by atomic mass is 9.95. The Bertz CT molecular complexity index is 1480. The van der Waals surface area contributed by atoms with Gasteiger partial charge < -0.3 is 19.3 Å². The predicted molar refractivity (Wildman–Crippen MR) is 166 cm³/mol. The third-order valence-corrected chi connectivity index (χ3v) is 7.87. The number of hydrogen-bond donors (Lipinski definition) is 1. The molecule has 1 aromatic heterocycles. The number of ketones is 1. The first-order valence-electron chi connectivity index (χ1n) is 14.6. The molecule has 0 radical (unpaired) electrons. The average Bonchev–Trinajstić information content (AvgIpc) is 3.51. The number of esters is 1. The van der Waals surface area contributed by atoms with Crippen molar-refractivity contribution in [2.45, 2.75) is 59.9 Å². The Morgan fingerprint density at radius 2 is 1.60 bits per heavy atom. The van der Waals surface area contributed by atoms with Crippen LogP contribution in [0.2, 0.25) is 0 Å². The summed E-state index contributed by atoms with van der Waals surface area (Å²) in [7, 11) is 0. The molecule has 0 unspecified atom stereocenters. The number of nitrogens with zero attached hydrogens (tertiary/aromatic N) is 2. The highest BCUT2D eigenvalue weighted by atomic mass is 32.1. The maximum absolute atomic E-state index is 13.6. The fourth-order valence-electron chi connectivity index (χ4n) is 4.49. The molecule has 1 amide bonds. The monoisotopic (exact) mass is 606 g/mol. The lowest BCUT2D eigenvalue weighted by Gasteiger charge is -2.23. The Morgan fingerprint density at radius 3 is 2.21 bits per heavy atom. The average molecular weight is 607 g/mol. The molecule has 2 aromatic carbocycles. The number of rotatable bonds is 13. The van der Waals surface area contributed by atoms with Gasteiger partial charge in [0.15, 0.2) is 5.13 Å². The number of Topliss-reactive ketones (excluding diaryl/α,β-unsaturated/α-hetero) is 1. The number of aromatic nitrogens is 1. The van der Waals surface area contributed by atoms with Gasteiger partial charge in [-0.05, 0) is 67.6 Å². The van der Waals surface area contributed by atoms with Crippen molar-refractivity contribution in [1.82, 2.24) is 4.98 Å². The van der Waals surface area contributed by atoms with E-state index in [1.807, 2.05) is 20.8 Å². The molecule has 43 heavy (non-hydrogen) atoms. The highest BCUT2D eigenvalue weighted by Crippen LogP contribution is 2.44. The molecule has 1 N–H and O–H groups in total. The fourth-order valence-corrected chi connectivity index (χ4v) is 5.48. The molecule has 1 fully saturated rings. The van der Waals surface area contributed by atoms with Gasteiger partial charge in [-0.25, -0.2) is 9.78 Å². The molecule has 0 saturated carbocycles. The van der Waals surface area contributed by atoms with E-state index in [2.05, 4.69) is 11.9 Å². The number of benzene rings is 2. The quantitative estimate of drug-likeness (QED) is 0.0738. The van der Waals surface area contributed by atoms with Crippen molar-refractivity contribution in [2.75, 3.05) is 24.7 Å². The van der Waals surface area contributed by atoms with Crippen LogP contribution in [0.4, 0.5) is 5.13 Å². The van der Waals surface area contributed by atoms with Gasteiger partial charge in [0.1, 0.15) is 22.1 Å². The minimum atomic E-state index is -0.995. The Kier molecular flexibility index (Phi) is 10.6. The van der Waals surface area contributed by atoms with Gasteiger partial charge in [0, 0.05) is 5.56 Å². The number of thiazole rings is 1. The molecule has 0 aliphatic carbocycles. The first-order chi connectivity index (χ1) is 20.7. The zero-order valence-corrected chi connectivity index (χ0v) is 26.0. The summed E-state index contributed by atoms with van der Waals surface area (Å²) in [5.74, 6) is -1.14. The van der Waals surface area contributed by atoms with E-state index in [0.29, 0.717) is 41.5 Å². The number of aliphatic hydroxyl groups is 1. The first kappa shape index (κ1) is 31.7. The number of anilines is 1. The van der Waals surface area contributed by atoms with Crippen molar-refractivity contribution >= 4 is 39.9 Å². The number of amides is 1. The molecule has 228 valence electrons. The van der Waals surface area contributed by atoms with Gasteiger partial charge in [-0.3, -0.25) is 14.5 Å². The summed E-state index contributed by atoms with van der Waals surface area (Å²) in [5.41, 5.74) is 1.24. The van der Waals surface area contributed by atoms with E-state index in [0.717, 1.165) is 30.6 Å². The summed E-state index contributed by atoms with van der Waals surface area (Å²) < 4.78 is 16.8. The predicted octanol–water partition coefficient (Wildman–Crippen LogP) is 6.86. The summed E-state index contributed by atoms with van der Waals surface area (Å²) >= 11 is 0.978. The summed E-state index contributed by atoms with van der Waals surface area (Å²) in [4.78, 5) is 45.9. The van der Waals surface area contributed by atoms with Gasteiger partial charge in [-0.15, -0.1) is 0 Å². The van der Waals surface area contributed by atoms with Crippen LogP contribution in [-0.2, 0) is 14.3 Å². The fraction of sp³-hybridized carbons (Fsp3) is 0.394. The molecule has 0 bridgehead atoms. The van der Waals surface area contributed by atoms with Gasteiger partial charge in [-0.2, -0.15) is 0 Å². The van der Waals surface area contributed by atoms with Crippen LogP contribution in [0.25, 0.3) is 5.76 Å². The van der Waals surface area contributed by atoms with E-state index in [1.165, 1.54) is 4.90 Å². The Hall–Kier alpha value is -4.18. The van der Waals surface area contributed by atoms with Crippen LogP contribution in [0.1, 0.15) is 79.5 Å². The maximum atomic E-state index is 13.6. The third kappa shape index (κ3) is 7.25. The van der Waals surface area contributed by atoms with Crippen molar-refractivity contribution < 1.29 is 33.7 Å². The van der Waals surface area contributed by atoms with Crippen LogP contribution in [0.3, 0.4) is 0 Å². The molecule has 0 spiro atoms. The standard InChI is InChI=1S/C33H38N2O7S/c1-6-8-18-41-25-15-11-23(12-16-25)28(36)26-27(22-9-13-24(14-10-22)40-17-7-2)35(31(38)29(26)37)33-34-21(5)30(43-33)32(39)42-19-20(3)4/h9-16,20,27,36H,6-8,17-19H2,1-5H3/t27-/m1/s1. The third-order valence-electron chi connectivity index (χ3n) is 6.73. The van der Waals surface area contributed by atoms with Crippen LogP contribution in [-0.4, -0.2) is 47.6 Å². The topological polar surface area (TPSA) is 115 Å². The van der Waals surface area contributed by atoms with Crippen LogP contribution in [0, 0.1) is 12.8 Å². The summed E-state index contributed by atoms with van der Waals surface area (Å²) in [5, 5.41) is 11.6. The molecule has 4 rings (SSSR count). The molecular formula is C33H38N2O7S. The molecule has 10 heteroatoms. The molecular weight excluding hydrogens is 568 g/mol. The summed E-state index contributed by atoms with van der Waals surface area (Å²) in [6, 6.07) is 12.8. The largest absolute Gasteiger partial charge is 0.507 e. The Labute approximate surface area is 256 Å². The van der Waals surface area contributed by atoms with Crippen LogP contribution >= 0.6 is 11.3 Å². The lowest BCUT2D eigenvalue weighted by Crippen LogP contribution is -2.29. The molecule has 1 atom stereocenters. The smallest absolute Gasteiger partial charge is 0.350 e. The van der Waals surface area contributed by atoms with Crippen molar-refractivity contribution in [2.24, 2.45) is 5.92 Å². The van der Waals surface area contributed by atoms with Crippen molar-refractivity contribution in [3.05, 3.63) is 75.8 Å². The highest BCUT2D eigenvalue weighted by molar-refractivity contribution is 7.17. The zero-order valence-electron chi connectivity index (χ0n) is 25.2. The van der Waals surface area contributed by atoms with E-state index >= 15 is 0 Å². The number of ether oxygens (including phenoxy) is 3. The number of aliphatic hydroxyl groups excluding tert-OH is 1. The van der Waals surface area contributed by atoms with E-state index in [9.17, 15) is 19.5 Å². The van der Waals surface area contributed by atoms with Gasteiger partial charge in [0.2, 0.25) is 0 Å². The van der Waals surface area contributed by atoms with Gasteiger partial charge >= 0.3 is 11.9 Å². The number of carbonyl (C=O) groups excluding carboxylic acids is 3. The molecule has 9 nitrogen and oxygen atoms in total. The van der Waals surface area contributed by atoms with E-state index in [1.54, 1.807) is 55.5 Å². The van der Waals surface area contributed by atoms with Crippen molar-refractivity contribution in [1.29, 1.82) is 0 Å². The normalized spacial score (nSPS) is 16.1. The van der Waals surface area contributed by atoms with E-state index < -0.39 is 23.7 Å². The number of aryl methyl sites for hydroxylation is 1. The Morgan fingerprint density at radius 1 is 0.977 bits per heavy atom. The first-order valence-corrected chi connectivity index (χ1v) is 15.4. The maximum Gasteiger partial charge on any atom is 0.350 e. The van der Waals surface area contributed by atoms with E-state index in [4.69, 9.17) is 14.2 Å². The summed E-state index contributed by atoms with van der Waals surface area (Å²) in [6.07, 6.45) is 2.76. The second-order valence-electron chi connectivity index (χ2n) is 10.7. The van der Waals surface area contributed by atoms with Gasteiger partial charge in [0.05, 0.1) is 37.1 Å². The summed E-state index contributed by atoms with van der Waals surface area (Å²) in [6.45, 7) is 11.0. The Balaban J connectivity index is 1.77. The van der Waals surface area contributed by atoms with Gasteiger partial charge in [0.25, 0.3) is 5.78 Å². The number of carbonyl (C=O) groups is 3. The minimum absolute atomic E-state index is 0.0799. The van der Waals surface area contributed by atoms with E-state index in [-0.39, 0.29) is 33.9 Å². The number of unbranched alkanes of at least 4 members (excludes halogenated alkanes) is 1. The van der Waals surface area contributed by atoms with Crippen molar-refractivity contribution in [3.63, 3.8) is 0 Å². The zero-order chi connectivity index (χ0) is 31.1. The van der Waals surface area contributed by atoms with Crippen molar-refractivity contribution in [3.8, 4) is 11.5 Å². The second kappa shape index (κ2) is 14.3. The number of hydrogen-bond acceptors (Lipinski definition) is 9. The van der Waals surface area contributed by atoms with Gasteiger partial charge in [-0.1, -0.05) is 57.6 Å². The highest BCUT2D eigenvalue weighted by Gasteiger charge is 2.48. The SMILES string of the molecule is CCCCOc1ccc(C(O)=C2C(=O)C(=O)N(c3nc(C)c(C(=O)OCC(C)C)s3)[C@@H]2c2ccc(OCCC)cc2)cc1. The molecule has 1 aliphatic rings. The van der Waals surface area contributed by atoms with Crippen LogP contribution in [0.15, 0.2) is 54.1 Å². The molecule has 1 saturated heterocycles. The van der Waals surface area contributed by atoms with Crippen LogP contribution in [0.5, 0.6) is 11.5 Å². The lowest BCUT2D eigenvalue weighted by molar-refractivity contribution is -0.132. The van der Waals surface area contributed by atoms with Crippen LogP contribution < -0.4 is 14.4 Å². The molecule has 2 heterocycles. The minimum Gasteiger partial charge on any atom is -0.507 e. The second-order valence-corrected chi connectivity index (χ2v) is 11.7. The molecule has 3 aromatic rings.